The van der Waals surface area contributed by atoms with Gasteiger partial charge in [-0.05, 0) is 129 Å². The Hall–Kier alpha value is -0.620. The Morgan fingerprint density at radius 3 is 2.27 bits per heavy atom. The fraction of sp³-hybridized carbons (Fsp3) is 0.950. The maximum absolute atomic E-state index is 12.2. The Morgan fingerprint density at radius 1 is 0.837 bits per heavy atom. The van der Waals surface area contributed by atoms with Crippen molar-refractivity contribution in [2.24, 2.45) is 51.2 Å². The van der Waals surface area contributed by atoms with Crippen molar-refractivity contribution in [2.45, 2.75) is 175 Å². The van der Waals surface area contributed by atoms with Crippen molar-refractivity contribution < 1.29 is 44.5 Å². The molecule has 49 heavy (non-hydrogen) atoms. The van der Waals surface area contributed by atoms with Crippen LogP contribution in [0.5, 0.6) is 0 Å². The second kappa shape index (κ2) is 14.0. The zero-order valence-corrected chi connectivity index (χ0v) is 31.5. The van der Waals surface area contributed by atoms with Gasteiger partial charge in [-0.15, -0.1) is 0 Å². The molecule has 9 nitrogen and oxygen atoms in total. The predicted octanol–water partition coefficient (Wildman–Crippen LogP) is 5.34. The molecule has 282 valence electrons. The highest BCUT2D eigenvalue weighted by atomic mass is 16.7. The molecule has 0 aromatic heterocycles. The van der Waals surface area contributed by atoms with E-state index in [0.29, 0.717) is 24.9 Å². The lowest BCUT2D eigenvalue weighted by Crippen LogP contribution is -2.70. The fourth-order valence-corrected chi connectivity index (χ4v) is 12.8. The molecule has 0 spiro atoms. The average molecular weight is 693 g/mol. The maximum Gasteiger partial charge on any atom is 0.186 e. The van der Waals surface area contributed by atoms with Gasteiger partial charge in [0.2, 0.25) is 0 Å². The topological polar surface area (TPSA) is 138 Å². The number of ether oxygens (including phenoxy) is 4. The molecule has 0 bridgehead atoms. The van der Waals surface area contributed by atoms with E-state index in [9.17, 15) is 25.5 Å². The zero-order chi connectivity index (χ0) is 35.7. The molecule has 6 aliphatic rings. The summed E-state index contributed by atoms with van der Waals surface area (Å²) in [6.45, 7) is 18.9. The third kappa shape index (κ3) is 6.41. The van der Waals surface area contributed by atoms with Crippen molar-refractivity contribution in [3.05, 3.63) is 11.6 Å². The van der Waals surface area contributed by atoms with E-state index >= 15 is 0 Å². The van der Waals surface area contributed by atoms with Gasteiger partial charge in [0.25, 0.3) is 0 Å². The summed E-state index contributed by atoms with van der Waals surface area (Å²) in [4.78, 5) is 0. The summed E-state index contributed by atoms with van der Waals surface area (Å²) in [5.41, 5.74) is 0.597. The molecule has 17 atom stereocenters. The Balaban J connectivity index is 1.31. The minimum Gasteiger partial charge on any atom is -0.393 e. The Labute approximate surface area is 295 Å². The highest BCUT2D eigenvalue weighted by Gasteiger charge is 2.72. The van der Waals surface area contributed by atoms with E-state index in [1.54, 1.807) is 0 Å². The number of hydrogen-bond donors (Lipinski definition) is 5. The standard InChI is InChI=1S/C40H68O9/c1-22(2)11-9-12-23(3)24-14-17-39(7)31(24)25(41)19-29-38(6)16-15-30(43)37(4,5)34(38)28(20-40(29,39)8)49-35-27(13-10-18-46-35)48-36-33(45)32(44)26(42)21-47-36/h11,23-36,41-45H,9-10,12-21H2,1-8H3/t23-,24?,25-,26+,27?,28+,29?,30+,31?,32?,33?,34?,35+,36+,38-,39-,40-/m1/s1. The van der Waals surface area contributed by atoms with Gasteiger partial charge in [0.05, 0.1) is 24.9 Å². The number of fused-ring (bicyclic) bond motifs is 5. The molecule has 2 saturated heterocycles. The molecule has 6 fully saturated rings. The predicted molar refractivity (Wildman–Crippen MR) is 186 cm³/mol. The van der Waals surface area contributed by atoms with E-state index in [1.165, 1.54) is 5.57 Å². The first-order valence-corrected chi connectivity index (χ1v) is 19.5. The van der Waals surface area contributed by atoms with Crippen LogP contribution in [0.1, 0.15) is 120 Å². The molecular formula is C40H68O9. The van der Waals surface area contributed by atoms with Gasteiger partial charge in [0.15, 0.2) is 12.6 Å². The summed E-state index contributed by atoms with van der Waals surface area (Å²) in [6, 6.07) is 0. The van der Waals surface area contributed by atoms with Crippen molar-refractivity contribution in [1.82, 2.24) is 0 Å². The normalized spacial score (nSPS) is 51.7. The lowest BCUT2D eigenvalue weighted by atomic mass is 9.34. The van der Waals surface area contributed by atoms with Gasteiger partial charge in [-0.25, -0.2) is 0 Å². The van der Waals surface area contributed by atoms with E-state index in [1.807, 2.05) is 0 Å². The number of hydrogen-bond acceptors (Lipinski definition) is 9. The second-order valence-corrected chi connectivity index (χ2v) is 18.8. The lowest BCUT2D eigenvalue weighted by Gasteiger charge is -2.72. The SMILES string of the molecule is CC(C)=CCC[C@@H](C)C1CC[C@]2(C)C1[C@H](O)CC1[C@@]3(C)CC[C@H](O)C(C)(C)C3[C@@H](O[C@@H]3OCCCC3O[C@@H]3OC[C@H](O)C(O)C3O)C[C@]12C. The highest BCUT2D eigenvalue weighted by molar-refractivity contribution is 5.21. The van der Waals surface area contributed by atoms with E-state index in [0.717, 1.165) is 57.8 Å². The minimum atomic E-state index is -1.39. The van der Waals surface area contributed by atoms with Crippen molar-refractivity contribution in [2.75, 3.05) is 13.2 Å². The van der Waals surface area contributed by atoms with Crippen LogP contribution in [0.25, 0.3) is 0 Å². The van der Waals surface area contributed by atoms with Crippen LogP contribution in [0.15, 0.2) is 11.6 Å². The number of aliphatic hydroxyl groups is 5. The minimum absolute atomic E-state index is 0.0223. The van der Waals surface area contributed by atoms with Crippen LogP contribution < -0.4 is 0 Å². The van der Waals surface area contributed by atoms with E-state index in [2.05, 4.69) is 61.5 Å². The molecule has 0 radical (unpaired) electrons. The molecule has 2 aliphatic heterocycles. The van der Waals surface area contributed by atoms with Crippen molar-refractivity contribution in [1.29, 1.82) is 0 Å². The first kappa shape index (κ1) is 38.1. The third-order valence-electron chi connectivity index (χ3n) is 15.5. The molecule has 0 amide bonds. The monoisotopic (exact) mass is 692 g/mol. The molecule has 0 aromatic rings. The number of rotatable bonds is 8. The van der Waals surface area contributed by atoms with Crippen molar-refractivity contribution >= 4 is 0 Å². The van der Waals surface area contributed by atoms with Gasteiger partial charge in [0.1, 0.15) is 24.4 Å². The largest absolute Gasteiger partial charge is 0.393 e. The summed E-state index contributed by atoms with van der Waals surface area (Å²) in [6.07, 6.45) is 4.14. The quantitative estimate of drug-likeness (QED) is 0.169. The van der Waals surface area contributed by atoms with Gasteiger partial charge >= 0.3 is 0 Å². The zero-order valence-electron chi connectivity index (χ0n) is 31.5. The second-order valence-electron chi connectivity index (χ2n) is 18.8. The van der Waals surface area contributed by atoms with Crippen LogP contribution >= 0.6 is 0 Å². The van der Waals surface area contributed by atoms with Crippen molar-refractivity contribution in [3.63, 3.8) is 0 Å². The van der Waals surface area contributed by atoms with E-state index < -0.39 is 48.5 Å². The Bertz CT molecular complexity index is 1190. The molecule has 2 heterocycles. The molecule has 6 rings (SSSR count). The molecule has 5 N–H and O–H groups in total. The number of allylic oxidation sites excluding steroid dienone is 2. The lowest BCUT2D eigenvalue weighted by molar-refractivity contribution is -0.344. The van der Waals surface area contributed by atoms with Crippen LogP contribution in [0.4, 0.5) is 0 Å². The Kier molecular flexibility index (Phi) is 10.9. The average Bonchev–Trinajstić information content (AvgIpc) is 3.41. The maximum atomic E-state index is 12.2. The van der Waals surface area contributed by atoms with Gasteiger partial charge in [-0.1, -0.05) is 53.2 Å². The van der Waals surface area contributed by atoms with Gasteiger partial charge in [-0.2, -0.15) is 0 Å². The highest BCUT2D eigenvalue weighted by Crippen LogP contribution is 2.76. The molecule has 0 aromatic carbocycles. The molecular weight excluding hydrogens is 624 g/mol. The van der Waals surface area contributed by atoms with Crippen LogP contribution in [-0.4, -0.2) is 94.1 Å². The number of aliphatic hydroxyl groups excluding tert-OH is 5. The van der Waals surface area contributed by atoms with E-state index in [4.69, 9.17) is 18.9 Å². The molecule has 9 heteroatoms. The third-order valence-corrected chi connectivity index (χ3v) is 15.5. The first-order valence-electron chi connectivity index (χ1n) is 19.5. The van der Waals surface area contributed by atoms with Gasteiger partial charge < -0.3 is 44.5 Å². The van der Waals surface area contributed by atoms with E-state index in [-0.39, 0.29) is 52.8 Å². The fourth-order valence-electron chi connectivity index (χ4n) is 12.8. The summed E-state index contributed by atoms with van der Waals surface area (Å²) >= 11 is 0. The first-order chi connectivity index (χ1) is 23.0. The summed E-state index contributed by atoms with van der Waals surface area (Å²) < 4.78 is 25.4. The van der Waals surface area contributed by atoms with Crippen LogP contribution in [0.2, 0.25) is 0 Å². The summed E-state index contributed by atoms with van der Waals surface area (Å²) in [5.74, 6) is 1.55. The van der Waals surface area contributed by atoms with Crippen molar-refractivity contribution in [3.8, 4) is 0 Å². The Morgan fingerprint density at radius 2 is 1.55 bits per heavy atom. The molecule has 7 unspecified atom stereocenters. The summed E-state index contributed by atoms with van der Waals surface area (Å²) in [5, 5.41) is 54.7. The van der Waals surface area contributed by atoms with Crippen LogP contribution in [0.3, 0.4) is 0 Å². The summed E-state index contributed by atoms with van der Waals surface area (Å²) in [7, 11) is 0. The van der Waals surface area contributed by atoms with Gasteiger partial charge in [0, 0.05) is 6.61 Å². The molecule has 4 saturated carbocycles. The van der Waals surface area contributed by atoms with Crippen LogP contribution in [0, 0.1) is 51.2 Å². The smallest absolute Gasteiger partial charge is 0.186 e. The molecule has 4 aliphatic carbocycles. The van der Waals surface area contributed by atoms with Crippen LogP contribution in [-0.2, 0) is 18.9 Å². The van der Waals surface area contributed by atoms with Gasteiger partial charge in [-0.3, -0.25) is 0 Å².